The number of rotatable bonds is 6. The second-order valence-electron chi connectivity index (χ2n) is 6.38. The van der Waals surface area contributed by atoms with Crippen molar-refractivity contribution < 1.29 is 8.63 Å². The van der Waals surface area contributed by atoms with Crippen molar-refractivity contribution in [2.24, 2.45) is 0 Å². The van der Waals surface area contributed by atoms with Gasteiger partial charge in [0, 0.05) is 16.9 Å². The maximum absolute atomic E-state index is 12.0. The molecule has 0 bridgehead atoms. The van der Waals surface area contributed by atoms with Gasteiger partial charge in [-0.2, -0.15) is 0 Å². The van der Waals surface area contributed by atoms with E-state index in [-0.39, 0.29) is 5.04 Å². The normalized spacial score (nSPS) is 14.7. The van der Waals surface area contributed by atoms with Crippen LogP contribution in [-0.2, 0) is 15.2 Å². The van der Waals surface area contributed by atoms with Crippen LogP contribution in [-0.4, -0.2) is 19.1 Å². The highest BCUT2D eigenvalue weighted by Crippen LogP contribution is 2.36. The summed E-state index contributed by atoms with van der Waals surface area (Å²) in [6.45, 7) is 11.9. The number of benzene rings is 1. The molecule has 0 fully saturated rings. The second-order valence-corrected chi connectivity index (χ2v) is 12.5. The molecular formula is C16H26O2SSi. The lowest BCUT2D eigenvalue weighted by Gasteiger charge is -2.36. The van der Waals surface area contributed by atoms with Crippen LogP contribution in [0.1, 0.15) is 27.2 Å². The van der Waals surface area contributed by atoms with Gasteiger partial charge in [-0.05, 0) is 36.7 Å². The van der Waals surface area contributed by atoms with E-state index in [4.69, 9.17) is 4.43 Å². The average molecular weight is 311 g/mol. The molecule has 0 saturated heterocycles. The van der Waals surface area contributed by atoms with Crippen molar-refractivity contribution in [2.75, 3.05) is 6.61 Å². The van der Waals surface area contributed by atoms with Crippen LogP contribution in [0.3, 0.4) is 0 Å². The summed E-state index contributed by atoms with van der Waals surface area (Å²) in [5, 5.41) is 1.99. The van der Waals surface area contributed by atoms with Gasteiger partial charge in [-0.15, -0.1) is 0 Å². The van der Waals surface area contributed by atoms with Crippen molar-refractivity contribution in [1.82, 2.24) is 0 Å². The molecule has 0 unspecified atom stereocenters. The van der Waals surface area contributed by atoms with Gasteiger partial charge in [-0.1, -0.05) is 45.0 Å². The largest absolute Gasteiger partial charge is 0.417 e. The Morgan fingerprint density at radius 2 is 1.80 bits per heavy atom. The molecule has 1 atom stereocenters. The quantitative estimate of drug-likeness (QED) is 0.561. The SMILES string of the molecule is CC(C)(C)[Si](C)(C)OCC/C=C\[S@](=O)c1ccccc1. The Bertz CT molecular complexity index is 461. The zero-order chi connectivity index (χ0) is 15.2. The predicted molar refractivity (Wildman–Crippen MR) is 89.8 cm³/mol. The van der Waals surface area contributed by atoms with E-state index in [2.05, 4.69) is 33.9 Å². The molecule has 20 heavy (non-hydrogen) atoms. The van der Waals surface area contributed by atoms with Gasteiger partial charge in [0.1, 0.15) is 0 Å². The van der Waals surface area contributed by atoms with Gasteiger partial charge in [-0.25, -0.2) is 4.21 Å². The van der Waals surface area contributed by atoms with Gasteiger partial charge in [-0.3, -0.25) is 0 Å². The van der Waals surface area contributed by atoms with Gasteiger partial charge in [0.2, 0.25) is 0 Å². The molecule has 1 rings (SSSR count). The molecule has 0 saturated carbocycles. The molecule has 2 nitrogen and oxygen atoms in total. The predicted octanol–water partition coefficient (Wildman–Crippen LogP) is 4.72. The van der Waals surface area contributed by atoms with Gasteiger partial charge in [0.05, 0.1) is 10.8 Å². The molecule has 4 heteroatoms. The summed E-state index contributed by atoms with van der Waals surface area (Å²) in [6.07, 6.45) is 2.77. The minimum Gasteiger partial charge on any atom is -0.417 e. The first kappa shape index (κ1) is 17.3. The topological polar surface area (TPSA) is 26.3 Å². The lowest BCUT2D eigenvalue weighted by molar-refractivity contribution is 0.294. The Balaban J connectivity index is 2.38. The van der Waals surface area contributed by atoms with E-state index in [1.165, 1.54) is 0 Å². The van der Waals surface area contributed by atoms with Crippen molar-refractivity contribution in [1.29, 1.82) is 0 Å². The number of hydrogen-bond acceptors (Lipinski definition) is 2. The van der Waals surface area contributed by atoms with Gasteiger partial charge >= 0.3 is 0 Å². The molecule has 0 heterocycles. The molecular weight excluding hydrogens is 284 g/mol. The van der Waals surface area contributed by atoms with Crippen LogP contribution in [0.4, 0.5) is 0 Å². The monoisotopic (exact) mass is 310 g/mol. The van der Waals surface area contributed by atoms with Crippen molar-refractivity contribution in [3.63, 3.8) is 0 Å². The minimum atomic E-state index is -1.66. The standard InChI is InChI=1S/C16H26O2SSi/c1-16(2,3)20(4,5)18-13-9-10-14-19(17)15-11-7-6-8-12-15/h6-8,10-12,14H,9,13H2,1-5H3/b14-10-/t19-/m0/s1. The molecule has 0 radical (unpaired) electrons. The van der Waals surface area contributed by atoms with Crippen molar-refractivity contribution >= 4 is 19.1 Å². The van der Waals surface area contributed by atoms with Crippen LogP contribution >= 0.6 is 0 Å². The highest BCUT2D eigenvalue weighted by molar-refractivity contribution is 7.88. The lowest BCUT2D eigenvalue weighted by atomic mass is 10.2. The Morgan fingerprint density at radius 3 is 2.35 bits per heavy atom. The van der Waals surface area contributed by atoms with Crippen molar-refractivity contribution in [2.45, 2.75) is 50.2 Å². The summed E-state index contributed by atoms with van der Waals surface area (Å²) in [4.78, 5) is 0.842. The van der Waals surface area contributed by atoms with E-state index in [0.29, 0.717) is 6.61 Å². The number of hydrogen-bond donors (Lipinski definition) is 0. The Hall–Kier alpha value is -0.713. The molecule has 112 valence electrons. The molecule has 1 aromatic rings. The van der Waals surface area contributed by atoms with E-state index in [9.17, 15) is 4.21 Å². The Labute approximate surface area is 126 Å². The van der Waals surface area contributed by atoms with Crippen LogP contribution in [0.15, 0.2) is 46.7 Å². The Kier molecular flexibility index (Phi) is 6.36. The fourth-order valence-electron chi connectivity index (χ4n) is 1.39. The zero-order valence-electron chi connectivity index (χ0n) is 13.2. The summed E-state index contributed by atoms with van der Waals surface area (Å²) >= 11 is 0. The molecule has 0 aliphatic rings. The first-order valence-electron chi connectivity index (χ1n) is 7.00. The van der Waals surface area contributed by atoms with E-state index in [1.54, 1.807) is 5.41 Å². The van der Waals surface area contributed by atoms with Crippen LogP contribution in [0, 0.1) is 0 Å². The average Bonchev–Trinajstić information content (AvgIpc) is 2.37. The fourth-order valence-corrected chi connectivity index (χ4v) is 3.34. The van der Waals surface area contributed by atoms with Crippen LogP contribution in [0.2, 0.25) is 18.1 Å². The summed E-state index contributed by atoms with van der Waals surface area (Å²) in [7, 11) is -2.71. The Morgan fingerprint density at radius 1 is 1.20 bits per heavy atom. The minimum absolute atomic E-state index is 0.240. The third-order valence-corrected chi connectivity index (χ3v) is 9.46. The van der Waals surface area contributed by atoms with Gasteiger partial charge < -0.3 is 4.43 Å². The van der Waals surface area contributed by atoms with E-state index in [1.807, 2.05) is 36.4 Å². The summed E-state index contributed by atoms with van der Waals surface area (Å²) in [6, 6.07) is 9.50. The van der Waals surface area contributed by atoms with Crippen LogP contribution in [0.25, 0.3) is 0 Å². The third kappa shape index (κ3) is 5.35. The maximum atomic E-state index is 12.0. The molecule has 0 aliphatic heterocycles. The van der Waals surface area contributed by atoms with Gasteiger partial charge in [0.25, 0.3) is 0 Å². The molecule has 0 aromatic heterocycles. The lowest BCUT2D eigenvalue weighted by Crippen LogP contribution is -2.40. The summed E-state index contributed by atoms with van der Waals surface area (Å²) in [5.74, 6) is 0. The first-order chi connectivity index (χ1) is 9.24. The van der Waals surface area contributed by atoms with Crippen LogP contribution in [0.5, 0.6) is 0 Å². The first-order valence-corrected chi connectivity index (χ1v) is 11.1. The van der Waals surface area contributed by atoms with E-state index >= 15 is 0 Å². The van der Waals surface area contributed by atoms with Gasteiger partial charge in [0.15, 0.2) is 8.32 Å². The highest BCUT2D eigenvalue weighted by Gasteiger charge is 2.36. The molecule has 1 aromatic carbocycles. The van der Waals surface area contributed by atoms with Crippen molar-refractivity contribution in [3.8, 4) is 0 Å². The van der Waals surface area contributed by atoms with E-state index < -0.39 is 19.1 Å². The highest BCUT2D eigenvalue weighted by atomic mass is 32.2. The summed E-state index contributed by atoms with van der Waals surface area (Å²) < 4.78 is 18.0. The fraction of sp³-hybridized carbons (Fsp3) is 0.500. The molecule has 0 amide bonds. The maximum Gasteiger partial charge on any atom is 0.191 e. The van der Waals surface area contributed by atoms with Crippen LogP contribution < -0.4 is 0 Å². The zero-order valence-corrected chi connectivity index (χ0v) is 15.0. The third-order valence-electron chi connectivity index (χ3n) is 3.75. The second kappa shape index (κ2) is 7.34. The molecule has 0 N–H and O–H groups in total. The van der Waals surface area contributed by atoms with Crippen molar-refractivity contribution in [3.05, 3.63) is 41.8 Å². The smallest absolute Gasteiger partial charge is 0.191 e. The molecule has 0 spiro atoms. The van der Waals surface area contributed by atoms with E-state index in [0.717, 1.165) is 11.3 Å². The molecule has 0 aliphatic carbocycles. The summed E-state index contributed by atoms with van der Waals surface area (Å²) in [5.41, 5.74) is 0.